The van der Waals surface area contributed by atoms with E-state index in [0.29, 0.717) is 30.0 Å². The summed E-state index contributed by atoms with van der Waals surface area (Å²) in [6.45, 7) is 13.8. The topological polar surface area (TPSA) is 86.5 Å². The maximum Gasteiger partial charge on any atom is 0.333 e. The number of esters is 1. The molecular weight excluding hydrogens is 394 g/mol. The van der Waals surface area contributed by atoms with E-state index in [1.165, 1.54) is 4.80 Å². The van der Waals surface area contributed by atoms with Gasteiger partial charge in [-0.2, -0.15) is 0 Å². The Hall–Kier alpha value is -3.35. The highest BCUT2D eigenvalue weighted by Crippen LogP contribution is 2.38. The van der Waals surface area contributed by atoms with E-state index in [2.05, 4.69) is 16.8 Å². The lowest BCUT2D eigenvalue weighted by atomic mass is 9.86. The number of aromatic hydroxyl groups is 1. The summed E-state index contributed by atoms with van der Waals surface area (Å²) in [5.41, 5.74) is 3.81. The Kier molecular flexibility index (Phi) is 6.34. The molecule has 1 heterocycles. The molecule has 0 aliphatic heterocycles. The van der Waals surface area contributed by atoms with Crippen molar-refractivity contribution < 1.29 is 19.4 Å². The van der Waals surface area contributed by atoms with Crippen molar-refractivity contribution in [2.45, 2.75) is 46.5 Å². The van der Waals surface area contributed by atoms with Crippen LogP contribution in [-0.2, 0) is 14.9 Å². The van der Waals surface area contributed by atoms with Crippen LogP contribution in [0.5, 0.6) is 11.5 Å². The van der Waals surface area contributed by atoms with Crippen LogP contribution in [0.2, 0.25) is 0 Å². The second-order valence-corrected chi connectivity index (χ2v) is 8.69. The Morgan fingerprint density at radius 3 is 2.52 bits per heavy atom. The van der Waals surface area contributed by atoms with E-state index in [0.717, 1.165) is 22.2 Å². The Labute approximate surface area is 182 Å². The lowest BCUT2D eigenvalue weighted by Gasteiger charge is -2.23. The normalized spacial score (nSPS) is 11.5. The van der Waals surface area contributed by atoms with Crippen LogP contribution in [-0.4, -0.2) is 39.3 Å². The summed E-state index contributed by atoms with van der Waals surface area (Å²) in [7, 11) is 0. The molecule has 0 bridgehead atoms. The Bertz CT molecular complexity index is 1130. The lowest BCUT2D eigenvalue weighted by Crippen LogP contribution is -2.14. The first-order valence-electron chi connectivity index (χ1n) is 10.2. The van der Waals surface area contributed by atoms with Crippen molar-refractivity contribution in [2.75, 3.05) is 13.2 Å². The van der Waals surface area contributed by atoms with E-state index in [1.54, 1.807) is 13.0 Å². The molecule has 0 atom stereocenters. The number of fused-ring (bicyclic) bond motifs is 1. The minimum absolute atomic E-state index is 0.118. The molecule has 31 heavy (non-hydrogen) atoms. The third kappa shape index (κ3) is 5.23. The summed E-state index contributed by atoms with van der Waals surface area (Å²) in [5, 5.41) is 20.0. The maximum atomic E-state index is 11.5. The molecule has 1 N–H and O–H groups in total. The highest BCUT2D eigenvalue weighted by molar-refractivity contribution is 5.86. The Morgan fingerprint density at radius 2 is 1.84 bits per heavy atom. The zero-order valence-corrected chi connectivity index (χ0v) is 18.7. The molecule has 0 spiro atoms. The first kappa shape index (κ1) is 22.3. The van der Waals surface area contributed by atoms with Gasteiger partial charge in [0.25, 0.3) is 0 Å². The summed E-state index contributed by atoms with van der Waals surface area (Å²) in [4.78, 5) is 12.9. The molecule has 0 radical (unpaired) electrons. The van der Waals surface area contributed by atoms with Crippen molar-refractivity contribution in [3.8, 4) is 17.2 Å². The van der Waals surface area contributed by atoms with E-state index in [9.17, 15) is 9.90 Å². The van der Waals surface area contributed by atoms with Crippen LogP contribution in [0.3, 0.4) is 0 Å². The molecule has 2 aromatic carbocycles. The fourth-order valence-electron chi connectivity index (χ4n) is 3.07. The molecule has 0 amide bonds. The average Bonchev–Trinajstić information content (AvgIpc) is 3.10. The van der Waals surface area contributed by atoms with Crippen molar-refractivity contribution in [3.63, 3.8) is 0 Å². The smallest absolute Gasteiger partial charge is 0.333 e. The van der Waals surface area contributed by atoms with E-state index >= 15 is 0 Å². The van der Waals surface area contributed by atoms with Gasteiger partial charge < -0.3 is 14.6 Å². The third-order valence-electron chi connectivity index (χ3n) is 4.76. The predicted octanol–water partition coefficient (Wildman–Crippen LogP) is 4.62. The van der Waals surface area contributed by atoms with Gasteiger partial charge in [0, 0.05) is 23.6 Å². The zero-order chi connectivity index (χ0) is 22.8. The zero-order valence-electron chi connectivity index (χ0n) is 18.7. The number of rotatable bonds is 7. The van der Waals surface area contributed by atoms with Crippen molar-refractivity contribution >= 4 is 17.0 Å². The van der Waals surface area contributed by atoms with Gasteiger partial charge in [-0.05, 0) is 43.0 Å². The summed E-state index contributed by atoms with van der Waals surface area (Å²) < 4.78 is 11.0. The molecule has 3 aromatic rings. The number of hydrogen-bond acceptors (Lipinski definition) is 6. The van der Waals surface area contributed by atoms with E-state index < -0.39 is 5.97 Å². The largest absolute Gasteiger partial charge is 0.505 e. The summed E-state index contributed by atoms with van der Waals surface area (Å²) >= 11 is 0. The van der Waals surface area contributed by atoms with Crippen molar-refractivity contribution in [2.24, 2.45) is 0 Å². The van der Waals surface area contributed by atoms with Crippen LogP contribution in [0.4, 0.5) is 0 Å². The van der Waals surface area contributed by atoms with Crippen LogP contribution in [0, 0.1) is 6.92 Å². The van der Waals surface area contributed by atoms with Crippen LogP contribution < -0.4 is 4.74 Å². The van der Waals surface area contributed by atoms with Gasteiger partial charge in [0.05, 0.1) is 13.2 Å². The van der Waals surface area contributed by atoms with Gasteiger partial charge in [-0.25, -0.2) is 4.79 Å². The number of carbonyl (C=O) groups is 1. The van der Waals surface area contributed by atoms with Gasteiger partial charge in [-0.3, -0.25) is 0 Å². The molecule has 0 fully saturated rings. The molecule has 1 aromatic heterocycles. The van der Waals surface area contributed by atoms with E-state index in [1.807, 2.05) is 52.0 Å². The van der Waals surface area contributed by atoms with Gasteiger partial charge >= 0.3 is 5.97 Å². The quantitative estimate of drug-likeness (QED) is 0.339. The van der Waals surface area contributed by atoms with Gasteiger partial charge in [0.15, 0.2) is 0 Å². The first-order valence-corrected chi connectivity index (χ1v) is 10.2. The van der Waals surface area contributed by atoms with E-state index in [-0.39, 0.29) is 17.8 Å². The fraction of sp³-hybridized carbons (Fsp3) is 0.375. The molecular formula is C24H29N3O4. The molecule has 0 saturated heterocycles. The predicted molar refractivity (Wildman–Crippen MR) is 120 cm³/mol. The van der Waals surface area contributed by atoms with E-state index in [4.69, 9.17) is 9.47 Å². The molecule has 0 saturated carbocycles. The average molecular weight is 424 g/mol. The van der Waals surface area contributed by atoms with Gasteiger partial charge in [0.1, 0.15) is 28.2 Å². The van der Waals surface area contributed by atoms with Gasteiger partial charge in [0.2, 0.25) is 0 Å². The summed E-state index contributed by atoms with van der Waals surface area (Å²) in [6, 6.07) is 9.37. The third-order valence-corrected chi connectivity index (χ3v) is 4.76. The first-order chi connectivity index (χ1) is 14.6. The highest BCUT2D eigenvalue weighted by Gasteiger charge is 2.24. The lowest BCUT2D eigenvalue weighted by molar-refractivity contribution is -0.139. The number of ether oxygens (including phenoxy) is 2. The number of nitrogens with zero attached hydrogens (tertiary/aromatic N) is 3. The van der Waals surface area contributed by atoms with Crippen LogP contribution in [0.25, 0.3) is 16.7 Å². The standard InChI is InChI=1S/C24H29N3O4/c1-15(2)23(29)31-11-7-10-30-17-13-18(24(4,5)6)22(28)21(14-17)27-25-19-9-8-16(3)12-20(19)26-27/h8-9,12-14,28H,1,7,10-11H2,2-6H3. The van der Waals surface area contributed by atoms with Gasteiger partial charge in [-0.15, -0.1) is 15.0 Å². The number of aryl methyl sites for hydroxylation is 1. The molecule has 0 aliphatic carbocycles. The number of aromatic nitrogens is 3. The highest BCUT2D eigenvalue weighted by atomic mass is 16.5. The second kappa shape index (κ2) is 8.79. The molecule has 164 valence electrons. The SMILES string of the molecule is C=C(C)C(=O)OCCCOc1cc(-n2nc3ccc(C)cc3n2)c(O)c(C(C)(C)C)c1. The van der Waals surface area contributed by atoms with Crippen molar-refractivity contribution in [1.82, 2.24) is 15.0 Å². The molecule has 3 rings (SSSR count). The summed E-state index contributed by atoms with van der Waals surface area (Å²) in [6.07, 6.45) is 0.531. The minimum Gasteiger partial charge on any atom is -0.505 e. The molecule has 7 nitrogen and oxygen atoms in total. The Balaban J connectivity index is 1.86. The number of phenolic OH excluding ortho intramolecular Hbond substituents is 1. The Morgan fingerprint density at radius 1 is 1.13 bits per heavy atom. The second-order valence-electron chi connectivity index (χ2n) is 8.69. The number of carbonyl (C=O) groups excluding carboxylic acids is 1. The van der Waals surface area contributed by atoms with Crippen LogP contribution in [0.1, 0.15) is 45.2 Å². The maximum absolute atomic E-state index is 11.5. The molecule has 0 unspecified atom stereocenters. The summed E-state index contributed by atoms with van der Waals surface area (Å²) in [5.74, 6) is 0.294. The van der Waals surface area contributed by atoms with Crippen molar-refractivity contribution in [3.05, 3.63) is 53.6 Å². The minimum atomic E-state index is -0.408. The number of benzene rings is 2. The number of hydrogen-bond donors (Lipinski definition) is 1. The fourth-order valence-corrected chi connectivity index (χ4v) is 3.07. The monoisotopic (exact) mass is 423 g/mol. The van der Waals surface area contributed by atoms with Crippen LogP contribution >= 0.6 is 0 Å². The molecule has 0 aliphatic rings. The molecule has 7 heteroatoms. The number of phenols is 1. The van der Waals surface area contributed by atoms with Crippen LogP contribution in [0.15, 0.2) is 42.5 Å². The van der Waals surface area contributed by atoms with Crippen molar-refractivity contribution in [1.29, 1.82) is 0 Å². The van der Waals surface area contributed by atoms with Gasteiger partial charge in [-0.1, -0.05) is 33.4 Å².